The molecule has 1 atom stereocenters. The monoisotopic (exact) mass is 492 g/mol. The van der Waals surface area contributed by atoms with E-state index in [1.54, 1.807) is 17.0 Å². The lowest BCUT2D eigenvalue weighted by Gasteiger charge is -2.38. The van der Waals surface area contributed by atoms with Gasteiger partial charge in [-0.15, -0.1) is 0 Å². The third kappa shape index (κ3) is 5.73. The minimum atomic E-state index is -0.153. The van der Waals surface area contributed by atoms with Crippen LogP contribution in [0, 0.1) is 5.92 Å². The summed E-state index contributed by atoms with van der Waals surface area (Å²) in [5, 5.41) is 10.1. The Morgan fingerprint density at radius 1 is 0.972 bits per heavy atom. The summed E-state index contributed by atoms with van der Waals surface area (Å²) in [6.07, 6.45) is 8.71. The van der Waals surface area contributed by atoms with Crippen LogP contribution in [-0.4, -0.2) is 44.1 Å². The van der Waals surface area contributed by atoms with E-state index in [1.165, 1.54) is 43.5 Å². The van der Waals surface area contributed by atoms with Crippen molar-refractivity contribution in [3.8, 4) is 17.2 Å². The molecule has 1 saturated heterocycles. The zero-order valence-electron chi connectivity index (χ0n) is 21.9. The Labute approximate surface area is 216 Å². The van der Waals surface area contributed by atoms with Crippen molar-refractivity contribution in [3.63, 3.8) is 0 Å². The quantitative estimate of drug-likeness (QED) is 0.522. The van der Waals surface area contributed by atoms with Gasteiger partial charge in [-0.1, -0.05) is 12.1 Å². The summed E-state index contributed by atoms with van der Waals surface area (Å²) in [5.41, 5.74) is 4.89. The largest absolute Gasteiger partial charge is 0.508 e. The maximum Gasteiger partial charge on any atom is 0.146 e. The molecule has 2 heterocycles. The molecule has 194 valence electrons. The summed E-state index contributed by atoms with van der Waals surface area (Å²) >= 11 is 0. The van der Waals surface area contributed by atoms with E-state index in [1.807, 2.05) is 6.07 Å². The summed E-state index contributed by atoms with van der Waals surface area (Å²) in [4.78, 5) is 1.67. The second-order valence-corrected chi connectivity index (χ2v) is 10.7. The Morgan fingerprint density at radius 2 is 1.72 bits per heavy atom. The molecule has 0 radical (unpaired) electrons. The lowest BCUT2D eigenvalue weighted by atomic mass is 9.75. The summed E-state index contributed by atoms with van der Waals surface area (Å²) in [6.45, 7) is 9.47. The molecule has 5 nitrogen and oxygen atoms in total. The van der Waals surface area contributed by atoms with Crippen molar-refractivity contribution in [2.24, 2.45) is 5.92 Å². The van der Waals surface area contributed by atoms with Crippen LogP contribution in [0.5, 0.6) is 17.2 Å². The summed E-state index contributed by atoms with van der Waals surface area (Å²) in [6, 6.07) is 14.0. The molecule has 0 bridgehead atoms. The van der Waals surface area contributed by atoms with Crippen LogP contribution in [0.3, 0.4) is 0 Å². The van der Waals surface area contributed by atoms with Crippen LogP contribution in [0.25, 0.3) is 5.57 Å². The minimum absolute atomic E-state index is 0.153. The maximum absolute atomic E-state index is 10.1. The van der Waals surface area contributed by atoms with Gasteiger partial charge in [0.1, 0.15) is 36.5 Å². The molecule has 5 heteroatoms. The highest BCUT2D eigenvalue weighted by Gasteiger charge is 2.35. The Morgan fingerprint density at radius 3 is 2.44 bits per heavy atom. The molecule has 0 aromatic heterocycles. The number of piperidine rings is 1. The lowest BCUT2D eigenvalue weighted by Crippen LogP contribution is -3.13. The van der Waals surface area contributed by atoms with Crippen LogP contribution in [0.4, 0.5) is 0 Å². The number of likely N-dealkylation sites (tertiary alicyclic amines) is 1. The molecule has 2 N–H and O–H groups in total. The molecule has 1 aliphatic carbocycles. The summed E-state index contributed by atoms with van der Waals surface area (Å²) in [7, 11) is 0. The van der Waals surface area contributed by atoms with Crippen LogP contribution in [0.2, 0.25) is 0 Å². The first-order valence-electron chi connectivity index (χ1n) is 14.0. The number of allylic oxidation sites excluding steroid dienone is 1. The van der Waals surface area contributed by atoms with Gasteiger partial charge in [0.15, 0.2) is 0 Å². The molecule has 2 fully saturated rings. The summed E-state index contributed by atoms with van der Waals surface area (Å²) < 4.78 is 18.6. The van der Waals surface area contributed by atoms with Gasteiger partial charge in [0.05, 0.1) is 19.2 Å². The molecular formula is C31H42NO4+. The predicted molar refractivity (Wildman–Crippen MR) is 143 cm³/mol. The van der Waals surface area contributed by atoms with E-state index < -0.39 is 0 Å². The molecule has 0 unspecified atom stereocenters. The topological polar surface area (TPSA) is 52.4 Å². The molecule has 5 rings (SSSR count). The highest BCUT2D eigenvalue weighted by molar-refractivity contribution is 5.75. The normalized spacial score (nSPS) is 24.8. The number of hydrogen-bond acceptors (Lipinski definition) is 4. The molecule has 1 saturated carbocycles. The van der Waals surface area contributed by atoms with Crippen LogP contribution in [-0.2, 0) is 4.74 Å². The van der Waals surface area contributed by atoms with E-state index in [4.69, 9.17) is 14.2 Å². The zero-order valence-corrected chi connectivity index (χ0v) is 21.9. The highest BCUT2D eigenvalue weighted by Crippen LogP contribution is 2.49. The Balaban J connectivity index is 1.33. The van der Waals surface area contributed by atoms with E-state index >= 15 is 0 Å². The number of quaternary nitrogens is 1. The lowest BCUT2D eigenvalue weighted by molar-refractivity contribution is -0.904. The molecule has 2 aliphatic heterocycles. The Bertz CT molecular complexity index is 1030. The van der Waals surface area contributed by atoms with Crippen molar-refractivity contribution in [3.05, 3.63) is 59.2 Å². The fourth-order valence-electron chi connectivity index (χ4n) is 6.36. The average Bonchev–Trinajstić information content (AvgIpc) is 2.90. The van der Waals surface area contributed by atoms with Crippen molar-refractivity contribution in [2.75, 3.05) is 32.8 Å². The second-order valence-electron chi connectivity index (χ2n) is 10.7. The smallest absolute Gasteiger partial charge is 0.146 e. The van der Waals surface area contributed by atoms with Gasteiger partial charge < -0.3 is 24.2 Å². The number of ether oxygens (including phenoxy) is 3. The molecule has 3 aliphatic rings. The van der Waals surface area contributed by atoms with Crippen molar-refractivity contribution < 1.29 is 24.2 Å². The Hall–Kier alpha value is -2.50. The third-order valence-corrected chi connectivity index (χ3v) is 8.31. The number of phenols is 1. The minimum Gasteiger partial charge on any atom is -0.508 e. The second kappa shape index (κ2) is 11.7. The number of benzene rings is 2. The van der Waals surface area contributed by atoms with Crippen LogP contribution < -0.4 is 14.4 Å². The van der Waals surface area contributed by atoms with Crippen molar-refractivity contribution in [1.29, 1.82) is 0 Å². The van der Waals surface area contributed by atoms with Gasteiger partial charge in [0.2, 0.25) is 0 Å². The standard InChI is InChI=1S/C31H41NO4/c1-3-34-26-12-7-23(8-13-26)30-22(2)28-16-11-25(33)21-29(28)36-31(30)24-9-14-27(15-10-24)35-20-19-32-17-5-4-6-18-32/h9-11,14-16,21,23,26,31,33H,3-8,12-13,17-20H2,1-2H3/p+1/t23?,26?,31-/m0/s1. The first-order chi connectivity index (χ1) is 17.6. The number of phenolic OH excluding ortho intramolecular Hbond substituents is 1. The van der Waals surface area contributed by atoms with E-state index in [0.717, 1.165) is 68.1 Å². The Kier molecular flexibility index (Phi) is 8.18. The number of aromatic hydroxyl groups is 1. The number of rotatable bonds is 8. The molecule has 36 heavy (non-hydrogen) atoms. The predicted octanol–water partition coefficient (Wildman–Crippen LogP) is 5.34. The number of nitrogens with one attached hydrogen (secondary N) is 1. The average molecular weight is 493 g/mol. The van der Waals surface area contributed by atoms with Crippen LogP contribution in [0.1, 0.15) is 76.0 Å². The molecule has 2 aromatic rings. The fourth-order valence-corrected chi connectivity index (χ4v) is 6.36. The van der Waals surface area contributed by atoms with Crippen molar-refractivity contribution in [1.82, 2.24) is 0 Å². The van der Waals surface area contributed by atoms with Gasteiger partial charge in [-0.3, -0.25) is 0 Å². The van der Waals surface area contributed by atoms with Gasteiger partial charge in [0, 0.05) is 18.2 Å². The van der Waals surface area contributed by atoms with Crippen LogP contribution >= 0.6 is 0 Å². The first kappa shape index (κ1) is 25.2. The SMILES string of the molecule is CCOC1CCC(C2=C(C)c3ccc(O)cc3O[C@H]2c2ccc(OCC[NH+]3CCCCC3)cc2)CC1. The van der Waals surface area contributed by atoms with Crippen molar-refractivity contribution >= 4 is 5.57 Å². The molecule has 0 amide bonds. The van der Waals surface area contributed by atoms with E-state index in [2.05, 4.69) is 38.1 Å². The van der Waals surface area contributed by atoms with Gasteiger partial charge in [0.25, 0.3) is 0 Å². The van der Waals surface area contributed by atoms with E-state index in [9.17, 15) is 5.11 Å². The summed E-state index contributed by atoms with van der Waals surface area (Å²) in [5.74, 6) is 2.38. The van der Waals surface area contributed by atoms with E-state index in [0.29, 0.717) is 12.0 Å². The van der Waals surface area contributed by atoms with Gasteiger partial charge >= 0.3 is 0 Å². The fraction of sp³-hybridized carbons (Fsp3) is 0.548. The maximum atomic E-state index is 10.1. The van der Waals surface area contributed by atoms with Gasteiger partial charge in [-0.2, -0.15) is 0 Å². The van der Waals surface area contributed by atoms with Crippen LogP contribution in [0.15, 0.2) is 48.0 Å². The highest BCUT2D eigenvalue weighted by atomic mass is 16.5. The number of fused-ring (bicyclic) bond motifs is 1. The van der Waals surface area contributed by atoms with Gasteiger partial charge in [-0.05, 0) is 106 Å². The molecule has 2 aromatic carbocycles. The zero-order chi connectivity index (χ0) is 24.9. The van der Waals surface area contributed by atoms with E-state index in [-0.39, 0.29) is 11.9 Å². The number of hydrogen-bond donors (Lipinski definition) is 2. The molecule has 0 spiro atoms. The third-order valence-electron chi connectivity index (χ3n) is 8.31. The molecular weight excluding hydrogens is 450 g/mol. The first-order valence-corrected chi connectivity index (χ1v) is 14.0. The van der Waals surface area contributed by atoms with Gasteiger partial charge in [-0.25, -0.2) is 0 Å². The van der Waals surface area contributed by atoms with Crippen molar-refractivity contribution in [2.45, 2.75) is 71.0 Å².